The Bertz CT molecular complexity index is 265. The SMILES string of the molecule is C/C=C\COCCCCCCCC.C=C/C=C/C(C)=O. The highest BCUT2D eigenvalue weighted by Gasteiger charge is 1.89. The zero-order chi connectivity index (χ0) is 15.5. The largest absolute Gasteiger partial charge is 0.377 e. The summed E-state index contributed by atoms with van der Waals surface area (Å²) < 4.78 is 5.39. The van der Waals surface area contributed by atoms with E-state index in [0.717, 1.165) is 13.2 Å². The Morgan fingerprint density at radius 3 is 2.30 bits per heavy atom. The summed E-state index contributed by atoms with van der Waals surface area (Å²) in [5, 5.41) is 0. The average molecular weight is 280 g/mol. The fraction of sp³-hybridized carbons (Fsp3) is 0.611. The van der Waals surface area contributed by atoms with E-state index in [1.165, 1.54) is 51.5 Å². The molecule has 0 fully saturated rings. The van der Waals surface area contributed by atoms with Gasteiger partial charge in [0, 0.05) is 6.61 Å². The summed E-state index contributed by atoms with van der Waals surface area (Å²) >= 11 is 0. The summed E-state index contributed by atoms with van der Waals surface area (Å²) in [6.45, 7) is 10.9. The molecule has 0 radical (unpaired) electrons. The second-order valence-electron chi connectivity index (χ2n) is 4.62. The summed E-state index contributed by atoms with van der Waals surface area (Å²) in [7, 11) is 0. The third-order valence-electron chi connectivity index (χ3n) is 2.56. The van der Waals surface area contributed by atoms with Crippen LogP contribution in [0.2, 0.25) is 0 Å². The molecule has 0 amide bonds. The molecule has 2 heteroatoms. The Balaban J connectivity index is 0. The Labute approximate surface area is 125 Å². The van der Waals surface area contributed by atoms with Crippen LogP contribution < -0.4 is 0 Å². The van der Waals surface area contributed by atoms with Crippen molar-refractivity contribution in [1.82, 2.24) is 0 Å². The van der Waals surface area contributed by atoms with Crippen molar-refractivity contribution >= 4 is 5.78 Å². The van der Waals surface area contributed by atoms with Gasteiger partial charge < -0.3 is 4.74 Å². The second kappa shape index (κ2) is 20.2. The van der Waals surface area contributed by atoms with E-state index in [1.54, 1.807) is 12.2 Å². The summed E-state index contributed by atoms with van der Waals surface area (Å²) in [5.41, 5.74) is 0. The quantitative estimate of drug-likeness (QED) is 0.223. The zero-order valence-electron chi connectivity index (χ0n) is 13.6. The van der Waals surface area contributed by atoms with Gasteiger partial charge >= 0.3 is 0 Å². The molecule has 0 aliphatic carbocycles. The van der Waals surface area contributed by atoms with Crippen LogP contribution in [0.3, 0.4) is 0 Å². The molecule has 0 aromatic heterocycles. The molecule has 0 heterocycles. The number of unbranched alkanes of at least 4 members (excludes halogenated alkanes) is 5. The van der Waals surface area contributed by atoms with Crippen molar-refractivity contribution in [2.75, 3.05) is 13.2 Å². The fourth-order valence-electron chi connectivity index (χ4n) is 1.44. The monoisotopic (exact) mass is 280 g/mol. The molecule has 0 atom stereocenters. The minimum atomic E-state index is 0.0555. The summed E-state index contributed by atoms with van der Waals surface area (Å²) in [6, 6.07) is 0. The normalized spacial score (nSPS) is 10.6. The van der Waals surface area contributed by atoms with Crippen LogP contribution in [0.25, 0.3) is 0 Å². The van der Waals surface area contributed by atoms with Crippen LogP contribution in [0.15, 0.2) is 37.0 Å². The average Bonchev–Trinajstić information content (AvgIpc) is 2.44. The lowest BCUT2D eigenvalue weighted by molar-refractivity contribution is -0.112. The van der Waals surface area contributed by atoms with Crippen LogP contribution in [-0.2, 0) is 9.53 Å². The molecule has 0 aliphatic heterocycles. The van der Waals surface area contributed by atoms with Crippen LogP contribution in [-0.4, -0.2) is 19.0 Å². The molecule has 0 bridgehead atoms. The molecule has 0 spiro atoms. The topological polar surface area (TPSA) is 26.3 Å². The Hall–Kier alpha value is -1.15. The molecule has 20 heavy (non-hydrogen) atoms. The van der Waals surface area contributed by atoms with Crippen LogP contribution in [0.1, 0.15) is 59.3 Å². The molecule has 2 nitrogen and oxygen atoms in total. The lowest BCUT2D eigenvalue weighted by Gasteiger charge is -2.01. The molecule has 0 aliphatic rings. The number of ether oxygens (including phenoxy) is 1. The van der Waals surface area contributed by atoms with Crippen LogP contribution >= 0.6 is 0 Å². The molecule has 0 rings (SSSR count). The maximum absolute atomic E-state index is 10.1. The first kappa shape index (κ1) is 21.2. The zero-order valence-corrected chi connectivity index (χ0v) is 13.6. The number of carbonyl (C=O) groups is 1. The molecule has 0 saturated carbocycles. The lowest BCUT2D eigenvalue weighted by atomic mass is 10.1. The van der Waals surface area contributed by atoms with E-state index in [0.29, 0.717) is 0 Å². The van der Waals surface area contributed by atoms with Crippen LogP contribution in [0.4, 0.5) is 0 Å². The van der Waals surface area contributed by atoms with Gasteiger partial charge in [-0.3, -0.25) is 4.79 Å². The fourth-order valence-corrected chi connectivity index (χ4v) is 1.44. The van der Waals surface area contributed by atoms with Crippen LogP contribution in [0.5, 0.6) is 0 Å². The highest BCUT2D eigenvalue weighted by molar-refractivity contribution is 5.87. The summed E-state index contributed by atoms with van der Waals surface area (Å²) in [4.78, 5) is 10.1. The van der Waals surface area contributed by atoms with E-state index in [1.807, 2.05) is 13.0 Å². The van der Waals surface area contributed by atoms with Gasteiger partial charge in [-0.25, -0.2) is 0 Å². The summed E-state index contributed by atoms with van der Waals surface area (Å²) in [6.07, 6.45) is 16.8. The van der Waals surface area contributed by atoms with Crippen molar-refractivity contribution in [3.8, 4) is 0 Å². The summed E-state index contributed by atoms with van der Waals surface area (Å²) in [5.74, 6) is 0.0555. The number of rotatable bonds is 11. The van der Waals surface area contributed by atoms with Gasteiger partial charge in [-0.05, 0) is 26.3 Å². The van der Waals surface area contributed by atoms with Crippen molar-refractivity contribution in [3.63, 3.8) is 0 Å². The van der Waals surface area contributed by atoms with Gasteiger partial charge in [0.05, 0.1) is 6.61 Å². The second-order valence-corrected chi connectivity index (χ2v) is 4.62. The van der Waals surface area contributed by atoms with E-state index in [4.69, 9.17) is 4.74 Å². The number of allylic oxidation sites excluding steroid dienone is 4. The van der Waals surface area contributed by atoms with Crippen molar-refractivity contribution in [3.05, 3.63) is 37.0 Å². The Morgan fingerprint density at radius 1 is 1.15 bits per heavy atom. The first-order chi connectivity index (χ1) is 9.68. The van der Waals surface area contributed by atoms with E-state index in [9.17, 15) is 4.79 Å². The van der Waals surface area contributed by atoms with Crippen molar-refractivity contribution in [2.24, 2.45) is 0 Å². The van der Waals surface area contributed by atoms with Crippen LogP contribution in [0, 0.1) is 0 Å². The highest BCUT2D eigenvalue weighted by Crippen LogP contribution is 2.04. The van der Waals surface area contributed by atoms with E-state index in [-0.39, 0.29) is 5.78 Å². The van der Waals surface area contributed by atoms with Gasteiger partial charge in [0.1, 0.15) is 0 Å². The Kier molecular flexibility index (Phi) is 21.3. The first-order valence-electron chi connectivity index (χ1n) is 7.67. The van der Waals surface area contributed by atoms with E-state index >= 15 is 0 Å². The molecule has 0 aromatic rings. The van der Waals surface area contributed by atoms with E-state index < -0.39 is 0 Å². The smallest absolute Gasteiger partial charge is 0.152 e. The van der Waals surface area contributed by atoms with Gasteiger partial charge in [0.25, 0.3) is 0 Å². The molecular weight excluding hydrogens is 248 g/mol. The van der Waals surface area contributed by atoms with Crippen molar-refractivity contribution < 1.29 is 9.53 Å². The van der Waals surface area contributed by atoms with Crippen molar-refractivity contribution in [2.45, 2.75) is 59.3 Å². The van der Waals surface area contributed by atoms with Gasteiger partial charge in [0.15, 0.2) is 5.78 Å². The highest BCUT2D eigenvalue weighted by atomic mass is 16.5. The van der Waals surface area contributed by atoms with E-state index in [2.05, 4.69) is 19.6 Å². The number of ketones is 1. The van der Waals surface area contributed by atoms with Gasteiger partial charge in [-0.2, -0.15) is 0 Å². The lowest BCUT2D eigenvalue weighted by Crippen LogP contribution is -1.94. The molecule has 116 valence electrons. The number of hydrogen-bond donors (Lipinski definition) is 0. The minimum absolute atomic E-state index is 0.0555. The third-order valence-corrected chi connectivity index (χ3v) is 2.56. The number of hydrogen-bond acceptors (Lipinski definition) is 2. The first-order valence-corrected chi connectivity index (χ1v) is 7.67. The molecule has 0 saturated heterocycles. The predicted molar refractivity (Wildman–Crippen MR) is 89.0 cm³/mol. The maximum atomic E-state index is 10.1. The molecule has 0 aromatic carbocycles. The molecule has 0 N–H and O–H groups in total. The van der Waals surface area contributed by atoms with Gasteiger partial charge in [0.2, 0.25) is 0 Å². The number of carbonyl (C=O) groups excluding carboxylic acids is 1. The predicted octanol–water partition coefficient (Wildman–Crippen LogP) is 5.26. The third kappa shape index (κ3) is 25.6. The Morgan fingerprint density at radius 2 is 1.80 bits per heavy atom. The minimum Gasteiger partial charge on any atom is -0.377 e. The van der Waals surface area contributed by atoms with Gasteiger partial charge in [-0.15, -0.1) is 0 Å². The maximum Gasteiger partial charge on any atom is 0.152 e. The molecule has 0 unspecified atom stereocenters. The standard InChI is InChI=1S/C12H24O.C6H8O/c1-3-5-7-8-9-10-12-13-11-6-4-2;1-3-4-5-6(2)7/h4,6H,3,5,7-12H2,1-2H3;3-5H,1H2,2H3/b6-4-;5-4+. The van der Waals surface area contributed by atoms with Gasteiger partial charge in [-0.1, -0.05) is 69.9 Å². The van der Waals surface area contributed by atoms with Crippen molar-refractivity contribution in [1.29, 1.82) is 0 Å². The molecular formula is C18H32O2.